The second-order valence-corrected chi connectivity index (χ2v) is 8.03. The van der Waals surface area contributed by atoms with Gasteiger partial charge in [-0.2, -0.15) is 0 Å². The van der Waals surface area contributed by atoms with Crippen molar-refractivity contribution in [3.63, 3.8) is 0 Å². The maximum absolute atomic E-state index is 13.2. The average molecular weight is 368 g/mol. The van der Waals surface area contributed by atoms with Crippen LogP contribution in [0.3, 0.4) is 0 Å². The predicted octanol–water partition coefficient (Wildman–Crippen LogP) is 3.65. The Morgan fingerprint density at radius 2 is 1.67 bits per heavy atom. The summed E-state index contributed by atoms with van der Waals surface area (Å²) in [6, 6.07) is 13.8. The molecule has 0 aromatic heterocycles. The van der Waals surface area contributed by atoms with Gasteiger partial charge in [0.05, 0.1) is 0 Å². The van der Waals surface area contributed by atoms with E-state index in [0.29, 0.717) is 18.8 Å². The molecule has 142 valence electrons. The van der Waals surface area contributed by atoms with Crippen LogP contribution in [0.2, 0.25) is 0 Å². The molecule has 2 bridgehead atoms. The molecule has 2 aromatic carbocycles. The van der Waals surface area contributed by atoms with Crippen LogP contribution in [0.25, 0.3) is 0 Å². The minimum Gasteiger partial charge on any atom is -0.454 e. The molecule has 0 radical (unpaired) electrons. The van der Waals surface area contributed by atoms with Crippen molar-refractivity contribution in [2.24, 2.45) is 5.92 Å². The van der Waals surface area contributed by atoms with Crippen molar-refractivity contribution in [2.45, 2.75) is 32.0 Å². The van der Waals surface area contributed by atoms with Gasteiger partial charge in [0.15, 0.2) is 11.5 Å². The monoisotopic (exact) mass is 368 g/mol. The Bertz CT molecular complexity index is 810. The first-order valence-corrected chi connectivity index (χ1v) is 9.82. The second-order valence-electron chi connectivity index (χ2n) is 8.03. The lowest BCUT2D eigenvalue weighted by Gasteiger charge is -2.36. The smallest absolute Gasteiger partial charge is 0.231 e. The number of piperidine rings is 1. The van der Waals surface area contributed by atoms with Gasteiger partial charge in [0.2, 0.25) is 6.79 Å². The molecule has 3 fully saturated rings. The van der Waals surface area contributed by atoms with Gasteiger partial charge in [0.25, 0.3) is 0 Å². The molecule has 4 aliphatic heterocycles. The zero-order valence-electron chi connectivity index (χ0n) is 15.4. The second kappa shape index (κ2) is 7.13. The van der Waals surface area contributed by atoms with Gasteiger partial charge in [-0.1, -0.05) is 18.2 Å². The van der Waals surface area contributed by atoms with E-state index < -0.39 is 0 Å². The standard InChI is InChI=1S/C22H25FN2O2/c23-19-5-1-16(2-6-19)10-24-11-18-3-7-20(14-24)25(13-18)12-17-4-8-21-22(9-17)27-15-26-21/h1-2,4-6,8-9,18,20H,3,7,10-15H2/t18-,20+/m1/s1. The molecular formula is C22H25FN2O2. The summed E-state index contributed by atoms with van der Waals surface area (Å²) in [4.78, 5) is 5.19. The van der Waals surface area contributed by atoms with E-state index in [1.165, 1.54) is 24.0 Å². The summed E-state index contributed by atoms with van der Waals surface area (Å²) in [5.41, 5.74) is 2.48. The fourth-order valence-corrected chi connectivity index (χ4v) is 4.72. The number of rotatable bonds is 4. The summed E-state index contributed by atoms with van der Waals surface area (Å²) in [6.45, 7) is 5.56. The third-order valence-corrected chi connectivity index (χ3v) is 6.04. The third kappa shape index (κ3) is 3.66. The molecule has 4 heterocycles. The Labute approximate surface area is 159 Å². The number of nitrogens with zero attached hydrogens (tertiary/aromatic N) is 2. The number of ether oxygens (including phenoxy) is 2. The van der Waals surface area contributed by atoms with Crippen molar-refractivity contribution >= 4 is 0 Å². The molecule has 4 aliphatic rings. The Morgan fingerprint density at radius 1 is 0.852 bits per heavy atom. The average Bonchev–Trinajstić information content (AvgIpc) is 2.97. The van der Waals surface area contributed by atoms with Crippen LogP contribution in [0.15, 0.2) is 42.5 Å². The molecular weight excluding hydrogens is 343 g/mol. The fourth-order valence-electron chi connectivity index (χ4n) is 4.72. The van der Waals surface area contributed by atoms with Crippen molar-refractivity contribution in [3.05, 3.63) is 59.4 Å². The summed E-state index contributed by atoms with van der Waals surface area (Å²) in [7, 11) is 0. The van der Waals surface area contributed by atoms with Gasteiger partial charge < -0.3 is 9.47 Å². The quantitative estimate of drug-likeness (QED) is 0.822. The maximum atomic E-state index is 13.2. The Kier molecular flexibility index (Phi) is 4.50. The van der Waals surface area contributed by atoms with Gasteiger partial charge in [-0.3, -0.25) is 9.80 Å². The van der Waals surface area contributed by atoms with E-state index in [1.807, 2.05) is 18.2 Å². The van der Waals surface area contributed by atoms with E-state index in [4.69, 9.17) is 9.47 Å². The van der Waals surface area contributed by atoms with Crippen LogP contribution < -0.4 is 9.47 Å². The zero-order valence-corrected chi connectivity index (χ0v) is 15.4. The van der Waals surface area contributed by atoms with Crippen LogP contribution in [0.4, 0.5) is 4.39 Å². The minimum absolute atomic E-state index is 0.162. The highest BCUT2D eigenvalue weighted by Crippen LogP contribution is 2.34. The van der Waals surface area contributed by atoms with Crippen LogP contribution in [0.5, 0.6) is 11.5 Å². The van der Waals surface area contributed by atoms with E-state index in [9.17, 15) is 4.39 Å². The first kappa shape index (κ1) is 17.0. The highest BCUT2D eigenvalue weighted by Gasteiger charge is 2.34. The van der Waals surface area contributed by atoms with Crippen molar-refractivity contribution in [3.8, 4) is 11.5 Å². The SMILES string of the molecule is Fc1ccc(CN2C[C@H]3CC[C@@H](C2)N(Cc2ccc4c(c2)OCO4)C3)cc1. The molecule has 0 unspecified atom stereocenters. The first-order chi connectivity index (χ1) is 13.2. The Balaban J connectivity index is 1.27. The number of hydrogen-bond acceptors (Lipinski definition) is 4. The topological polar surface area (TPSA) is 24.9 Å². The fraction of sp³-hybridized carbons (Fsp3) is 0.455. The minimum atomic E-state index is -0.162. The van der Waals surface area contributed by atoms with Gasteiger partial charge in [-0.15, -0.1) is 0 Å². The summed E-state index contributed by atoms with van der Waals surface area (Å²) in [5, 5.41) is 0. The highest BCUT2D eigenvalue weighted by atomic mass is 19.1. The number of halogens is 1. The Morgan fingerprint density at radius 3 is 2.56 bits per heavy atom. The summed E-state index contributed by atoms with van der Waals surface area (Å²) in [6.07, 6.45) is 2.57. The van der Waals surface area contributed by atoms with Gasteiger partial charge in [0.1, 0.15) is 5.82 Å². The molecule has 0 N–H and O–H groups in total. The molecule has 6 rings (SSSR count). The van der Waals surface area contributed by atoms with Crippen molar-refractivity contribution in [1.82, 2.24) is 9.80 Å². The normalized spacial score (nSPS) is 24.9. The van der Waals surface area contributed by atoms with Gasteiger partial charge in [-0.25, -0.2) is 4.39 Å². The number of benzene rings is 2. The molecule has 2 atom stereocenters. The van der Waals surface area contributed by atoms with Crippen LogP contribution >= 0.6 is 0 Å². The zero-order chi connectivity index (χ0) is 18.2. The van der Waals surface area contributed by atoms with E-state index in [2.05, 4.69) is 21.9 Å². The molecule has 4 nitrogen and oxygen atoms in total. The lowest BCUT2D eigenvalue weighted by Crippen LogP contribution is -2.43. The lowest BCUT2D eigenvalue weighted by molar-refractivity contribution is 0.123. The summed E-state index contributed by atoms with van der Waals surface area (Å²) in [5.74, 6) is 2.26. The largest absolute Gasteiger partial charge is 0.454 e. The first-order valence-electron chi connectivity index (χ1n) is 9.82. The Hall–Kier alpha value is -2.11. The lowest BCUT2D eigenvalue weighted by atomic mass is 9.94. The maximum Gasteiger partial charge on any atom is 0.231 e. The number of fused-ring (bicyclic) bond motifs is 5. The van der Waals surface area contributed by atoms with E-state index in [-0.39, 0.29) is 5.82 Å². The number of hydrogen-bond donors (Lipinski definition) is 0. The molecule has 27 heavy (non-hydrogen) atoms. The van der Waals surface area contributed by atoms with Crippen LogP contribution in [0.1, 0.15) is 24.0 Å². The van der Waals surface area contributed by atoms with Crippen LogP contribution in [-0.2, 0) is 13.1 Å². The van der Waals surface area contributed by atoms with E-state index in [1.54, 1.807) is 12.1 Å². The molecule has 0 aliphatic carbocycles. The van der Waals surface area contributed by atoms with Gasteiger partial charge in [-0.05, 0) is 54.2 Å². The third-order valence-electron chi connectivity index (χ3n) is 6.04. The van der Waals surface area contributed by atoms with Crippen molar-refractivity contribution < 1.29 is 13.9 Å². The molecule has 0 amide bonds. The molecule has 0 saturated carbocycles. The van der Waals surface area contributed by atoms with E-state index >= 15 is 0 Å². The van der Waals surface area contributed by atoms with Gasteiger partial charge in [0, 0.05) is 38.8 Å². The van der Waals surface area contributed by atoms with Crippen LogP contribution in [0, 0.1) is 11.7 Å². The molecule has 0 spiro atoms. The van der Waals surface area contributed by atoms with Crippen molar-refractivity contribution in [1.29, 1.82) is 0 Å². The van der Waals surface area contributed by atoms with Crippen molar-refractivity contribution in [2.75, 3.05) is 26.4 Å². The summed E-state index contributed by atoms with van der Waals surface area (Å²) >= 11 is 0. The predicted molar refractivity (Wildman–Crippen MR) is 101 cm³/mol. The van der Waals surface area contributed by atoms with E-state index in [0.717, 1.165) is 44.2 Å². The van der Waals surface area contributed by atoms with Crippen LogP contribution in [-0.4, -0.2) is 42.3 Å². The summed E-state index contributed by atoms with van der Waals surface area (Å²) < 4.78 is 24.1. The molecule has 5 heteroatoms. The molecule has 3 saturated heterocycles. The van der Waals surface area contributed by atoms with Gasteiger partial charge >= 0.3 is 0 Å². The molecule has 2 aromatic rings. The highest BCUT2D eigenvalue weighted by molar-refractivity contribution is 5.44.